The fourth-order valence-corrected chi connectivity index (χ4v) is 4.99. The lowest BCUT2D eigenvalue weighted by atomic mass is 10.0. The highest BCUT2D eigenvalue weighted by molar-refractivity contribution is 7.92. The number of hydrogen-bond acceptors (Lipinski definition) is 4. The van der Waals surface area contributed by atoms with E-state index in [2.05, 4.69) is 12.2 Å². The van der Waals surface area contributed by atoms with Crippen LogP contribution in [0.4, 0.5) is 5.69 Å². The number of hydrogen-bond donors (Lipinski definition) is 1. The third-order valence-corrected chi connectivity index (χ3v) is 7.40. The zero-order chi connectivity index (χ0) is 27.1. The monoisotopic (exact) mass is 548 g/mol. The third kappa shape index (κ3) is 7.15. The van der Waals surface area contributed by atoms with Crippen molar-refractivity contribution < 1.29 is 17.9 Å². The predicted molar refractivity (Wildman–Crippen MR) is 153 cm³/mol. The standard InChI is InChI=1S/C30H29ClN2O4S/c1-22(24-9-5-3-6-10-24)20-32-30(34)25-15-13-23(14-16-25)21-33(38(2,35)36)28-19-26(31)17-18-29(28)37-27-11-7-4-8-12-27/h3-19,22H,20-21H2,1-2H3,(H,32,34)/t22-/m0/s1. The molecule has 4 aromatic rings. The highest BCUT2D eigenvalue weighted by atomic mass is 35.5. The van der Waals surface area contributed by atoms with Gasteiger partial charge in [0, 0.05) is 17.1 Å². The quantitative estimate of drug-likeness (QED) is 0.241. The van der Waals surface area contributed by atoms with Gasteiger partial charge in [0.25, 0.3) is 5.91 Å². The largest absolute Gasteiger partial charge is 0.455 e. The van der Waals surface area contributed by atoms with Crippen molar-refractivity contribution in [2.24, 2.45) is 0 Å². The number of nitrogens with one attached hydrogen (secondary N) is 1. The number of nitrogens with zero attached hydrogens (tertiary/aromatic N) is 1. The molecule has 4 aromatic carbocycles. The van der Waals surface area contributed by atoms with Crippen LogP contribution in [0.15, 0.2) is 103 Å². The number of amides is 1. The molecule has 0 aliphatic rings. The van der Waals surface area contributed by atoms with E-state index in [1.165, 1.54) is 4.31 Å². The van der Waals surface area contributed by atoms with E-state index in [1.807, 2.05) is 48.5 Å². The second-order valence-electron chi connectivity index (χ2n) is 9.02. The van der Waals surface area contributed by atoms with Gasteiger partial charge in [0.15, 0.2) is 5.75 Å². The summed E-state index contributed by atoms with van der Waals surface area (Å²) in [7, 11) is -3.70. The molecule has 0 heterocycles. The van der Waals surface area contributed by atoms with Crippen LogP contribution in [0.25, 0.3) is 0 Å². The van der Waals surface area contributed by atoms with E-state index in [4.69, 9.17) is 16.3 Å². The Balaban J connectivity index is 1.50. The number of halogens is 1. The molecule has 0 spiro atoms. The number of carbonyl (C=O) groups is 1. The first-order valence-electron chi connectivity index (χ1n) is 12.1. The van der Waals surface area contributed by atoms with Crippen LogP contribution in [0.1, 0.15) is 34.3 Å². The topological polar surface area (TPSA) is 75.7 Å². The number of anilines is 1. The van der Waals surface area contributed by atoms with Crippen LogP contribution >= 0.6 is 11.6 Å². The summed E-state index contributed by atoms with van der Waals surface area (Å²) in [5.41, 5.74) is 2.67. The van der Waals surface area contributed by atoms with Crippen molar-refractivity contribution in [1.29, 1.82) is 0 Å². The minimum absolute atomic E-state index is 0.0390. The van der Waals surface area contributed by atoms with Gasteiger partial charge >= 0.3 is 0 Å². The summed E-state index contributed by atoms with van der Waals surface area (Å²) in [6.07, 6.45) is 1.13. The zero-order valence-corrected chi connectivity index (χ0v) is 22.7. The molecule has 38 heavy (non-hydrogen) atoms. The van der Waals surface area contributed by atoms with E-state index in [0.29, 0.717) is 39.9 Å². The molecule has 0 aliphatic heterocycles. The minimum atomic E-state index is -3.70. The Morgan fingerprint density at radius 1 is 0.921 bits per heavy atom. The Hall–Kier alpha value is -3.81. The maximum atomic E-state index is 12.9. The molecule has 0 radical (unpaired) electrons. The van der Waals surface area contributed by atoms with Crippen LogP contribution in [0, 0.1) is 0 Å². The second kappa shape index (κ2) is 12.2. The molecule has 0 aromatic heterocycles. The van der Waals surface area contributed by atoms with Crippen LogP contribution in [0.3, 0.4) is 0 Å². The van der Waals surface area contributed by atoms with Gasteiger partial charge in [0.2, 0.25) is 10.0 Å². The average Bonchev–Trinajstić information content (AvgIpc) is 2.92. The summed E-state index contributed by atoms with van der Waals surface area (Å²) in [6.45, 7) is 2.60. The lowest BCUT2D eigenvalue weighted by Crippen LogP contribution is -2.30. The highest BCUT2D eigenvalue weighted by Gasteiger charge is 2.23. The van der Waals surface area contributed by atoms with Crippen LogP contribution in [-0.2, 0) is 16.6 Å². The molecule has 0 saturated carbocycles. The summed E-state index contributed by atoms with van der Waals surface area (Å²) in [6, 6.07) is 30.8. The smallest absolute Gasteiger partial charge is 0.251 e. The van der Waals surface area contributed by atoms with Crippen molar-refractivity contribution in [3.05, 3.63) is 125 Å². The first-order valence-corrected chi connectivity index (χ1v) is 14.4. The van der Waals surface area contributed by atoms with Crippen LogP contribution in [-0.4, -0.2) is 27.1 Å². The van der Waals surface area contributed by atoms with Crippen LogP contribution in [0.2, 0.25) is 5.02 Å². The lowest BCUT2D eigenvalue weighted by Gasteiger charge is -2.25. The van der Waals surface area contributed by atoms with Crippen LogP contribution in [0.5, 0.6) is 11.5 Å². The number of benzene rings is 4. The van der Waals surface area contributed by atoms with Crippen molar-refractivity contribution in [1.82, 2.24) is 5.32 Å². The summed E-state index contributed by atoms with van der Waals surface area (Å²) < 4.78 is 32.9. The van der Waals surface area contributed by atoms with Crippen molar-refractivity contribution in [3.8, 4) is 11.5 Å². The van der Waals surface area contributed by atoms with Gasteiger partial charge < -0.3 is 10.1 Å². The SMILES string of the molecule is C[C@@H](CNC(=O)c1ccc(CN(c2cc(Cl)ccc2Oc2ccccc2)S(C)(=O)=O)cc1)c1ccccc1. The van der Waals surface area contributed by atoms with Gasteiger partial charge in [0.1, 0.15) is 5.75 Å². The highest BCUT2D eigenvalue weighted by Crippen LogP contribution is 2.36. The number of carbonyl (C=O) groups excluding carboxylic acids is 1. The molecule has 6 nitrogen and oxygen atoms in total. The molecule has 0 unspecified atom stereocenters. The Morgan fingerprint density at radius 3 is 2.18 bits per heavy atom. The molecule has 1 atom stereocenters. The van der Waals surface area contributed by atoms with Gasteiger partial charge in [0.05, 0.1) is 18.5 Å². The first-order chi connectivity index (χ1) is 18.2. The van der Waals surface area contributed by atoms with Crippen molar-refractivity contribution in [3.63, 3.8) is 0 Å². The fourth-order valence-electron chi connectivity index (χ4n) is 3.94. The Bertz CT molecular complexity index is 1480. The molecule has 1 N–H and O–H groups in total. The zero-order valence-electron chi connectivity index (χ0n) is 21.2. The summed E-state index contributed by atoms with van der Waals surface area (Å²) in [5.74, 6) is 0.913. The molecule has 0 bridgehead atoms. The van der Waals surface area contributed by atoms with Crippen molar-refractivity contribution in [2.45, 2.75) is 19.4 Å². The van der Waals surface area contributed by atoms with Gasteiger partial charge in [-0.15, -0.1) is 0 Å². The number of ether oxygens (including phenoxy) is 1. The summed E-state index contributed by atoms with van der Waals surface area (Å²) in [4.78, 5) is 12.7. The normalized spacial score (nSPS) is 12.0. The Morgan fingerprint density at radius 2 is 1.55 bits per heavy atom. The number of rotatable bonds is 10. The van der Waals surface area contributed by atoms with Gasteiger partial charge in [-0.1, -0.05) is 79.2 Å². The molecule has 196 valence electrons. The maximum absolute atomic E-state index is 12.9. The van der Waals surface area contributed by atoms with E-state index >= 15 is 0 Å². The number of sulfonamides is 1. The predicted octanol–water partition coefficient (Wildman–Crippen LogP) is 6.63. The molecule has 1 amide bonds. The summed E-state index contributed by atoms with van der Waals surface area (Å²) in [5, 5.41) is 3.35. The van der Waals surface area contributed by atoms with Crippen molar-refractivity contribution in [2.75, 3.05) is 17.1 Å². The van der Waals surface area contributed by atoms with Gasteiger partial charge in [-0.3, -0.25) is 9.10 Å². The third-order valence-electron chi connectivity index (χ3n) is 6.04. The van der Waals surface area contributed by atoms with Crippen molar-refractivity contribution >= 4 is 33.2 Å². The maximum Gasteiger partial charge on any atom is 0.251 e. The molecule has 8 heteroatoms. The lowest BCUT2D eigenvalue weighted by molar-refractivity contribution is 0.0951. The van der Waals surface area contributed by atoms with Gasteiger partial charge in [-0.05, 0) is 59.5 Å². The molecule has 0 fully saturated rings. The molecule has 0 saturated heterocycles. The second-order valence-corrected chi connectivity index (χ2v) is 11.4. The van der Waals surface area contributed by atoms with E-state index in [0.717, 1.165) is 11.8 Å². The first kappa shape index (κ1) is 27.2. The average molecular weight is 549 g/mol. The minimum Gasteiger partial charge on any atom is -0.455 e. The number of para-hydroxylation sites is 1. The summed E-state index contributed by atoms with van der Waals surface area (Å²) >= 11 is 6.24. The fraction of sp³-hybridized carbons (Fsp3) is 0.167. The molecule has 4 rings (SSSR count). The molecular formula is C30H29ClN2O4S. The van der Waals surface area contributed by atoms with E-state index in [-0.39, 0.29) is 18.4 Å². The van der Waals surface area contributed by atoms with E-state index in [9.17, 15) is 13.2 Å². The van der Waals surface area contributed by atoms with E-state index < -0.39 is 10.0 Å². The molecular weight excluding hydrogens is 520 g/mol. The Labute approximate surface area is 228 Å². The van der Waals surface area contributed by atoms with Gasteiger partial charge in [-0.25, -0.2) is 8.42 Å². The van der Waals surface area contributed by atoms with Crippen LogP contribution < -0.4 is 14.4 Å². The van der Waals surface area contributed by atoms with E-state index in [1.54, 1.807) is 54.6 Å². The Kier molecular flexibility index (Phi) is 8.71. The van der Waals surface area contributed by atoms with Gasteiger partial charge in [-0.2, -0.15) is 0 Å². The molecule has 0 aliphatic carbocycles.